The van der Waals surface area contributed by atoms with Gasteiger partial charge in [0.25, 0.3) is 0 Å². The first-order valence-electron chi connectivity index (χ1n) is 3.08. The van der Waals surface area contributed by atoms with Gasteiger partial charge in [-0.3, -0.25) is 4.79 Å². The minimum atomic E-state index is -0.113. The summed E-state index contributed by atoms with van der Waals surface area (Å²) in [6.07, 6.45) is 0. The topological polar surface area (TPSA) is 26.3 Å². The van der Waals surface area contributed by atoms with Gasteiger partial charge in [0.2, 0.25) is 5.43 Å². The van der Waals surface area contributed by atoms with E-state index in [2.05, 4.69) is 15.9 Å². The van der Waals surface area contributed by atoms with E-state index in [1.807, 2.05) is 0 Å². The molecule has 2 nitrogen and oxygen atoms in total. The second-order valence-electron chi connectivity index (χ2n) is 1.98. The predicted octanol–water partition coefficient (Wildman–Crippen LogP) is 1.82. The van der Waals surface area contributed by atoms with Crippen LogP contribution in [0.3, 0.4) is 0 Å². The summed E-state index contributed by atoms with van der Waals surface area (Å²) in [7, 11) is 1.48. The Balaban J connectivity index is 3.33. The maximum atomic E-state index is 11.1. The van der Waals surface area contributed by atoms with E-state index < -0.39 is 0 Å². The van der Waals surface area contributed by atoms with Crippen LogP contribution in [0.5, 0.6) is 5.75 Å². The van der Waals surface area contributed by atoms with E-state index in [4.69, 9.17) is 4.74 Å². The van der Waals surface area contributed by atoms with Crippen LogP contribution in [0.15, 0.2) is 33.5 Å². The molecule has 0 aromatic heterocycles. The summed E-state index contributed by atoms with van der Waals surface area (Å²) in [6.45, 7) is 0. The molecule has 3 heteroatoms. The molecule has 0 aliphatic heterocycles. The highest BCUT2D eigenvalue weighted by Gasteiger charge is 1.93. The first kappa shape index (κ1) is 8.27. The van der Waals surface area contributed by atoms with Crippen LogP contribution in [-0.2, 0) is 0 Å². The number of methoxy groups -OCH3 is 1. The van der Waals surface area contributed by atoms with E-state index in [-0.39, 0.29) is 5.43 Å². The van der Waals surface area contributed by atoms with Gasteiger partial charge in [0, 0.05) is 4.47 Å². The number of hydrogen-bond donors (Lipinski definition) is 0. The van der Waals surface area contributed by atoms with Crippen molar-refractivity contribution in [3.63, 3.8) is 0 Å². The lowest BCUT2D eigenvalue weighted by molar-refractivity contribution is 0.411. The van der Waals surface area contributed by atoms with Crippen molar-refractivity contribution in [2.75, 3.05) is 7.11 Å². The van der Waals surface area contributed by atoms with Gasteiger partial charge in [0.05, 0.1) is 7.11 Å². The van der Waals surface area contributed by atoms with E-state index in [9.17, 15) is 4.79 Å². The van der Waals surface area contributed by atoms with Crippen molar-refractivity contribution in [2.24, 2.45) is 0 Å². The van der Waals surface area contributed by atoms with Gasteiger partial charge in [-0.15, -0.1) is 0 Å². The largest absolute Gasteiger partial charge is 0.493 e. The summed E-state index contributed by atoms with van der Waals surface area (Å²) < 4.78 is 5.69. The summed E-state index contributed by atoms with van der Waals surface area (Å²) >= 11 is 3.24. The molecule has 0 radical (unpaired) electrons. The summed E-state index contributed by atoms with van der Waals surface area (Å²) in [5.41, 5.74) is -0.113. The molecular weight excluding hydrogens is 208 g/mol. The van der Waals surface area contributed by atoms with Crippen molar-refractivity contribution < 1.29 is 4.74 Å². The lowest BCUT2D eigenvalue weighted by atomic mass is 10.5. The van der Waals surface area contributed by atoms with E-state index in [1.54, 1.807) is 18.2 Å². The summed E-state index contributed by atoms with van der Waals surface area (Å²) in [4.78, 5) is 11.1. The molecular formula is C8H7BrO2. The third kappa shape index (κ3) is 2.05. The number of ether oxygens (including phenoxy) is 1. The summed E-state index contributed by atoms with van der Waals surface area (Å²) in [5.74, 6) is 0.357. The second-order valence-corrected chi connectivity index (χ2v) is 2.90. The number of rotatable bonds is 1. The molecule has 0 spiro atoms. The Hall–Kier alpha value is -0.830. The molecule has 0 aliphatic rings. The highest BCUT2D eigenvalue weighted by Crippen LogP contribution is 2.08. The van der Waals surface area contributed by atoms with Gasteiger partial charge in [-0.05, 0) is 24.3 Å². The Morgan fingerprint density at radius 3 is 2.55 bits per heavy atom. The van der Waals surface area contributed by atoms with Gasteiger partial charge < -0.3 is 4.74 Å². The zero-order chi connectivity index (χ0) is 8.27. The van der Waals surface area contributed by atoms with Crippen LogP contribution in [0, 0.1) is 0 Å². The zero-order valence-corrected chi connectivity index (χ0v) is 7.59. The van der Waals surface area contributed by atoms with E-state index in [0.717, 1.165) is 4.47 Å². The van der Waals surface area contributed by atoms with Crippen LogP contribution >= 0.6 is 15.9 Å². The summed E-state index contributed by atoms with van der Waals surface area (Å²) in [6, 6.07) is 6.54. The summed E-state index contributed by atoms with van der Waals surface area (Å²) in [5, 5.41) is 0. The van der Waals surface area contributed by atoms with Crippen molar-refractivity contribution >= 4 is 15.9 Å². The van der Waals surface area contributed by atoms with Crippen molar-refractivity contribution in [3.05, 3.63) is 39.0 Å². The highest BCUT2D eigenvalue weighted by atomic mass is 79.9. The van der Waals surface area contributed by atoms with E-state index in [0.29, 0.717) is 5.75 Å². The fraction of sp³-hybridized carbons (Fsp3) is 0.125. The number of hydrogen-bond acceptors (Lipinski definition) is 2. The minimum Gasteiger partial charge on any atom is -0.493 e. The quantitative estimate of drug-likeness (QED) is 0.714. The second kappa shape index (κ2) is 3.53. The molecule has 11 heavy (non-hydrogen) atoms. The average Bonchev–Trinajstić information content (AvgIpc) is 2.15. The Labute approximate surface area is 72.9 Å². The van der Waals surface area contributed by atoms with Crippen LogP contribution in [0.4, 0.5) is 0 Å². The molecule has 1 rings (SSSR count). The van der Waals surface area contributed by atoms with Crippen LogP contribution in [0.1, 0.15) is 0 Å². The predicted molar refractivity (Wildman–Crippen MR) is 47.0 cm³/mol. The van der Waals surface area contributed by atoms with Gasteiger partial charge in [-0.25, -0.2) is 0 Å². The molecule has 1 aromatic rings. The average molecular weight is 215 g/mol. The molecule has 0 fully saturated rings. The molecule has 0 unspecified atom stereocenters. The molecule has 0 aliphatic carbocycles. The molecule has 0 saturated carbocycles. The Kier molecular flexibility index (Phi) is 2.65. The first-order valence-corrected chi connectivity index (χ1v) is 3.87. The standard InChI is InChI=1S/C8H7BrO2/c1-11-8-5-3-6(9)2-4-7(8)10/h2-5H,1H3. The smallest absolute Gasteiger partial charge is 0.220 e. The van der Waals surface area contributed by atoms with Crippen molar-refractivity contribution in [1.82, 2.24) is 0 Å². The lowest BCUT2D eigenvalue weighted by Gasteiger charge is -1.89. The number of halogens is 1. The van der Waals surface area contributed by atoms with Gasteiger partial charge >= 0.3 is 0 Å². The molecule has 0 bridgehead atoms. The van der Waals surface area contributed by atoms with Gasteiger partial charge in [-0.2, -0.15) is 0 Å². The molecule has 0 saturated heterocycles. The van der Waals surface area contributed by atoms with Crippen LogP contribution in [-0.4, -0.2) is 7.11 Å². The van der Waals surface area contributed by atoms with Crippen LogP contribution < -0.4 is 10.2 Å². The van der Waals surface area contributed by atoms with E-state index in [1.165, 1.54) is 13.2 Å². The fourth-order valence-corrected chi connectivity index (χ4v) is 0.963. The molecule has 58 valence electrons. The monoisotopic (exact) mass is 214 g/mol. The van der Waals surface area contributed by atoms with Crippen molar-refractivity contribution in [1.29, 1.82) is 0 Å². The molecule has 1 aromatic carbocycles. The molecule has 0 N–H and O–H groups in total. The van der Waals surface area contributed by atoms with Gasteiger partial charge in [-0.1, -0.05) is 15.9 Å². The molecule has 0 heterocycles. The fourth-order valence-electron chi connectivity index (χ4n) is 0.699. The SMILES string of the molecule is COc1ccc(Br)ccc1=O. The first-order chi connectivity index (χ1) is 5.24. The van der Waals surface area contributed by atoms with Crippen molar-refractivity contribution in [2.45, 2.75) is 0 Å². The Bertz CT molecular complexity index is 309. The van der Waals surface area contributed by atoms with Crippen molar-refractivity contribution in [3.8, 4) is 5.75 Å². The third-order valence-electron chi connectivity index (χ3n) is 1.25. The lowest BCUT2D eigenvalue weighted by Crippen LogP contribution is -1.98. The normalized spacial score (nSPS) is 9.27. The highest BCUT2D eigenvalue weighted by molar-refractivity contribution is 9.10. The maximum Gasteiger partial charge on any atom is 0.220 e. The Morgan fingerprint density at radius 1 is 1.27 bits per heavy atom. The molecule has 0 amide bonds. The zero-order valence-electron chi connectivity index (χ0n) is 6.00. The van der Waals surface area contributed by atoms with Gasteiger partial charge in [0.15, 0.2) is 5.75 Å². The minimum absolute atomic E-state index is 0.113. The Morgan fingerprint density at radius 2 is 1.91 bits per heavy atom. The maximum absolute atomic E-state index is 11.1. The van der Waals surface area contributed by atoms with Crippen LogP contribution in [0.2, 0.25) is 0 Å². The van der Waals surface area contributed by atoms with Crippen LogP contribution in [0.25, 0.3) is 0 Å². The van der Waals surface area contributed by atoms with E-state index >= 15 is 0 Å². The molecule has 0 atom stereocenters. The third-order valence-corrected chi connectivity index (χ3v) is 1.78. The van der Waals surface area contributed by atoms with Gasteiger partial charge in [0.1, 0.15) is 0 Å².